The highest BCUT2D eigenvalue weighted by molar-refractivity contribution is 7.90. The average Bonchev–Trinajstić information content (AvgIpc) is 3.32. The molecule has 0 radical (unpaired) electrons. The second-order valence-corrected chi connectivity index (χ2v) is 10.7. The van der Waals surface area contributed by atoms with Crippen molar-refractivity contribution in [1.29, 1.82) is 0 Å². The quantitative estimate of drug-likeness (QED) is 0.557. The topological polar surface area (TPSA) is 76.6 Å². The van der Waals surface area contributed by atoms with Gasteiger partial charge in [0.25, 0.3) is 5.91 Å². The number of likely N-dealkylation sites (tertiary alicyclic amines) is 1. The number of nitrogens with zero attached hydrogens (tertiary/aromatic N) is 2. The predicted molar refractivity (Wildman–Crippen MR) is 121 cm³/mol. The molecule has 1 aliphatic rings. The number of hydrogen-bond acceptors (Lipinski definition) is 6. The first-order valence-electron chi connectivity index (χ1n) is 10.1. The summed E-state index contributed by atoms with van der Waals surface area (Å²) in [6.45, 7) is 2.11. The molecule has 162 valence electrons. The van der Waals surface area contributed by atoms with E-state index in [1.54, 1.807) is 30.5 Å². The van der Waals surface area contributed by atoms with E-state index in [4.69, 9.17) is 4.74 Å². The second kappa shape index (κ2) is 9.20. The lowest BCUT2D eigenvalue weighted by molar-refractivity contribution is 0.0665. The van der Waals surface area contributed by atoms with Crippen molar-refractivity contribution in [3.63, 3.8) is 0 Å². The molecule has 3 heterocycles. The molecule has 0 saturated carbocycles. The number of amides is 1. The van der Waals surface area contributed by atoms with Crippen LogP contribution in [0.5, 0.6) is 5.75 Å². The van der Waals surface area contributed by atoms with Crippen molar-refractivity contribution in [3.8, 4) is 17.0 Å². The van der Waals surface area contributed by atoms with Gasteiger partial charge in [-0.3, -0.25) is 9.78 Å². The molecule has 0 bridgehead atoms. The minimum absolute atomic E-state index is 0.124. The van der Waals surface area contributed by atoms with E-state index in [0.29, 0.717) is 23.2 Å². The fourth-order valence-electron chi connectivity index (χ4n) is 3.58. The number of carbonyl (C=O) groups excluding carboxylic acids is 1. The number of carbonyl (C=O) groups is 1. The Morgan fingerprint density at radius 3 is 2.45 bits per heavy atom. The highest BCUT2D eigenvalue weighted by atomic mass is 32.2. The van der Waals surface area contributed by atoms with Gasteiger partial charge < -0.3 is 9.64 Å². The van der Waals surface area contributed by atoms with Crippen LogP contribution in [0.25, 0.3) is 11.3 Å². The highest BCUT2D eigenvalue weighted by Crippen LogP contribution is 2.24. The van der Waals surface area contributed by atoms with Gasteiger partial charge in [0.2, 0.25) is 0 Å². The van der Waals surface area contributed by atoms with E-state index >= 15 is 0 Å². The third-order valence-electron chi connectivity index (χ3n) is 5.43. The Balaban J connectivity index is 1.28. The lowest BCUT2D eigenvalue weighted by Crippen LogP contribution is -2.39. The molecule has 1 aromatic carbocycles. The molecular formula is C23H24N2O4S2. The molecule has 6 nitrogen and oxygen atoms in total. The molecule has 31 heavy (non-hydrogen) atoms. The van der Waals surface area contributed by atoms with Crippen molar-refractivity contribution in [2.24, 2.45) is 5.92 Å². The van der Waals surface area contributed by atoms with Gasteiger partial charge in [-0.1, -0.05) is 18.2 Å². The lowest BCUT2D eigenvalue weighted by Gasteiger charge is -2.31. The molecule has 0 aliphatic carbocycles. The van der Waals surface area contributed by atoms with Crippen molar-refractivity contribution in [2.45, 2.75) is 17.7 Å². The molecule has 1 fully saturated rings. The Morgan fingerprint density at radius 2 is 1.87 bits per heavy atom. The van der Waals surface area contributed by atoms with Crippen LogP contribution in [0.15, 0.2) is 65.0 Å². The number of pyridine rings is 1. The zero-order valence-electron chi connectivity index (χ0n) is 17.2. The third kappa shape index (κ3) is 5.32. The van der Waals surface area contributed by atoms with Crippen LogP contribution in [0.4, 0.5) is 0 Å². The van der Waals surface area contributed by atoms with Crippen LogP contribution in [-0.4, -0.2) is 50.2 Å². The first-order valence-corrected chi connectivity index (χ1v) is 12.9. The van der Waals surface area contributed by atoms with E-state index in [0.717, 1.165) is 42.1 Å². The number of sulfone groups is 1. The van der Waals surface area contributed by atoms with Crippen LogP contribution >= 0.6 is 11.3 Å². The molecule has 1 aliphatic heterocycles. The van der Waals surface area contributed by atoms with Gasteiger partial charge >= 0.3 is 0 Å². The number of ether oxygens (including phenoxy) is 1. The molecule has 0 spiro atoms. The van der Waals surface area contributed by atoms with E-state index in [1.807, 2.05) is 34.5 Å². The SMILES string of the molecule is CS(=O)(=O)c1ccc(-c2ccc(OCC3CCN(C(=O)c4cccs4)CC3)cn2)cc1. The van der Waals surface area contributed by atoms with Crippen molar-refractivity contribution < 1.29 is 17.9 Å². The molecule has 1 amide bonds. The minimum Gasteiger partial charge on any atom is -0.492 e. The zero-order valence-corrected chi connectivity index (χ0v) is 18.9. The number of rotatable bonds is 6. The molecular weight excluding hydrogens is 432 g/mol. The summed E-state index contributed by atoms with van der Waals surface area (Å²) in [4.78, 5) is 19.9. The van der Waals surface area contributed by atoms with E-state index in [1.165, 1.54) is 17.6 Å². The molecule has 0 atom stereocenters. The largest absolute Gasteiger partial charge is 0.492 e. The summed E-state index contributed by atoms with van der Waals surface area (Å²) >= 11 is 1.48. The number of hydrogen-bond donors (Lipinski definition) is 0. The molecule has 2 aromatic heterocycles. The van der Waals surface area contributed by atoms with Crippen LogP contribution in [0.2, 0.25) is 0 Å². The Morgan fingerprint density at radius 1 is 1.13 bits per heavy atom. The number of thiophene rings is 1. The summed E-state index contributed by atoms with van der Waals surface area (Å²) in [5, 5.41) is 1.93. The monoisotopic (exact) mass is 456 g/mol. The molecule has 4 rings (SSSR count). The molecule has 3 aromatic rings. The maximum absolute atomic E-state index is 12.4. The van der Waals surface area contributed by atoms with Gasteiger partial charge in [-0.15, -0.1) is 11.3 Å². The second-order valence-electron chi connectivity index (χ2n) is 7.70. The van der Waals surface area contributed by atoms with E-state index < -0.39 is 9.84 Å². The van der Waals surface area contributed by atoms with Gasteiger partial charge in [-0.05, 0) is 54.5 Å². The maximum Gasteiger partial charge on any atom is 0.263 e. The molecule has 1 saturated heterocycles. The van der Waals surface area contributed by atoms with Crippen molar-refractivity contribution >= 4 is 27.1 Å². The summed E-state index contributed by atoms with van der Waals surface area (Å²) in [6.07, 6.45) is 4.73. The lowest BCUT2D eigenvalue weighted by atomic mass is 9.97. The van der Waals surface area contributed by atoms with Crippen LogP contribution in [0, 0.1) is 5.92 Å². The van der Waals surface area contributed by atoms with Crippen molar-refractivity contribution in [1.82, 2.24) is 9.88 Å². The van der Waals surface area contributed by atoms with Gasteiger partial charge in [0.1, 0.15) is 5.75 Å². The van der Waals surface area contributed by atoms with Crippen LogP contribution in [0.1, 0.15) is 22.5 Å². The minimum atomic E-state index is -3.21. The average molecular weight is 457 g/mol. The summed E-state index contributed by atoms with van der Waals surface area (Å²) in [5.41, 5.74) is 1.61. The van der Waals surface area contributed by atoms with Gasteiger partial charge in [-0.25, -0.2) is 8.42 Å². The predicted octanol–water partition coefficient (Wildman–Crippen LogP) is 4.14. The molecule has 0 N–H and O–H groups in total. The van der Waals surface area contributed by atoms with Gasteiger partial charge in [0.15, 0.2) is 9.84 Å². The van der Waals surface area contributed by atoms with Gasteiger partial charge in [0.05, 0.1) is 28.3 Å². The zero-order chi connectivity index (χ0) is 21.8. The van der Waals surface area contributed by atoms with E-state index in [9.17, 15) is 13.2 Å². The van der Waals surface area contributed by atoms with Crippen LogP contribution in [-0.2, 0) is 9.84 Å². The first kappa shape index (κ1) is 21.5. The number of benzene rings is 1. The smallest absolute Gasteiger partial charge is 0.263 e. The Labute approximate surface area is 186 Å². The van der Waals surface area contributed by atoms with Crippen molar-refractivity contribution in [2.75, 3.05) is 26.0 Å². The molecule has 0 unspecified atom stereocenters. The summed E-state index contributed by atoms with van der Waals surface area (Å²) in [7, 11) is -3.21. The standard InChI is InChI=1S/C23H24N2O4S2/c1-31(27,28)20-7-4-18(5-8-20)21-9-6-19(15-24-21)29-16-17-10-12-25(13-11-17)23(26)22-3-2-14-30-22/h2-9,14-15,17H,10-13,16H2,1H3. The van der Waals surface area contributed by atoms with Crippen molar-refractivity contribution in [3.05, 3.63) is 65.0 Å². The van der Waals surface area contributed by atoms with Gasteiger partial charge in [-0.2, -0.15) is 0 Å². The molecule has 8 heteroatoms. The van der Waals surface area contributed by atoms with E-state index in [-0.39, 0.29) is 5.91 Å². The Hall–Kier alpha value is -2.71. The van der Waals surface area contributed by atoms with E-state index in [2.05, 4.69) is 4.98 Å². The summed E-state index contributed by atoms with van der Waals surface area (Å²) < 4.78 is 29.1. The fourth-order valence-corrected chi connectivity index (χ4v) is 4.90. The first-order chi connectivity index (χ1) is 14.9. The third-order valence-corrected chi connectivity index (χ3v) is 7.42. The Kier molecular flexibility index (Phi) is 6.38. The van der Waals surface area contributed by atoms with Gasteiger partial charge in [0, 0.05) is 24.9 Å². The summed E-state index contributed by atoms with van der Waals surface area (Å²) in [5.74, 6) is 1.24. The normalized spacial score (nSPS) is 15.1. The Bertz CT molecular complexity index is 1120. The fraction of sp³-hybridized carbons (Fsp3) is 0.304. The summed E-state index contributed by atoms with van der Waals surface area (Å²) in [6, 6.07) is 14.2. The number of aromatic nitrogens is 1. The highest BCUT2D eigenvalue weighted by Gasteiger charge is 2.24. The van der Waals surface area contributed by atoms with Crippen LogP contribution in [0.3, 0.4) is 0 Å². The maximum atomic E-state index is 12.4. The number of piperidine rings is 1. The van der Waals surface area contributed by atoms with Crippen LogP contribution < -0.4 is 4.74 Å².